The van der Waals surface area contributed by atoms with E-state index in [1.165, 1.54) is 0 Å². The van der Waals surface area contributed by atoms with Gasteiger partial charge in [0, 0.05) is 24.7 Å². The van der Waals surface area contributed by atoms with Gasteiger partial charge in [0.1, 0.15) is 0 Å². The lowest BCUT2D eigenvalue weighted by Crippen LogP contribution is -2.41. The summed E-state index contributed by atoms with van der Waals surface area (Å²) in [6.45, 7) is 6.53. The van der Waals surface area contributed by atoms with Gasteiger partial charge in [-0.3, -0.25) is 9.89 Å². The summed E-state index contributed by atoms with van der Waals surface area (Å²) in [6.07, 6.45) is 2.01. The summed E-state index contributed by atoms with van der Waals surface area (Å²) in [5.74, 6) is 0.982. The molecule has 2 atom stereocenters. The van der Waals surface area contributed by atoms with Crippen molar-refractivity contribution in [1.82, 2.24) is 15.1 Å². The molecule has 0 bridgehead atoms. The van der Waals surface area contributed by atoms with Crippen molar-refractivity contribution in [3.05, 3.63) is 17.5 Å². The molecule has 2 fully saturated rings. The van der Waals surface area contributed by atoms with Gasteiger partial charge in [0.25, 0.3) is 5.91 Å². The Bertz CT molecular complexity index is 465. The molecule has 3 rings (SSSR count). The van der Waals surface area contributed by atoms with Gasteiger partial charge in [0.15, 0.2) is 6.10 Å². The van der Waals surface area contributed by atoms with E-state index < -0.39 is 0 Å². The molecule has 19 heavy (non-hydrogen) atoms. The number of carbonyl (C=O) groups excluding carboxylic acids is 1. The van der Waals surface area contributed by atoms with Crippen molar-refractivity contribution in [3.63, 3.8) is 0 Å². The first-order valence-corrected chi connectivity index (χ1v) is 7.10. The SMILES string of the molecule is CC(C)c1cc(C2CCCN(C(=O)C3CO3)C2)[nH]n1. The molecule has 104 valence electrons. The molecule has 1 amide bonds. The molecular formula is C14H21N3O2. The molecule has 0 spiro atoms. The summed E-state index contributed by atoms with van der Waals surface area (Å²) in [5, 5.41) is 7.50. The van der Waals surface area contributed by atoms with Gasteiger partial charge in [-0.05, 0) is 24.8 Å². The maximum atomic E-state index is 12.0. The standard InChI is InChI=1S/C14H21N3O2/c1-9(2)11-6-12(16-15-11)10-4-3-5-17(7-10)14(18)13-8-19-13/h6,9-10,13H,3-5,7-8H2,1-2H3,(H,15,16). The highest BCUT2D eigenvalue weighted by Crippen LogP contribution is 2.28. The first-order chi connectivity index (χ1) is 9.15. The van der Waals surface area contributed by atoms with E-state index in [0.29, 0.717) is 18.4 Å². The molecule has 2 saturated heterocycles. The van der Waals surface area contributed by atoms with Gasteiger partial charge in [-0.15, -0.1) is 0 Å². The fraction of sp³-hybridized carbons (Fsp3) is 0.714. The number of aromatic nitrogens is 2. The minimum atomic E-state index is -0.160. The van der Waals surface area contributed by atoms with E-state index >= 15 is 0 Å². The first-order valence-electron chi connectivity index (χ1n) is 7.10. The fourth-order valence-electron chi connectivity index (χ4n) is 2.68. The van der Waals surface area contributed by atoms with Gasteiger partial charge in [-0.1, -0.05) is 13.8 Å². The number of piperidine rings is 1. The molecule has 2 unspecified atom stereocenters. The zero-order valence-corrected chi connectivity index (χ0v) is 11.6. The average molecular weight is 263 g/mol. The van der Waals surface area contributed by atoms with Crippen LogP contribution in [0.4, 0.5) is 0 Å². The van der Waals surface area contributed by atoms with Crippen LogP contribution in [0.25, 0.3) is 0 Å². The highest BCUT2D eigenvalue weighted by molar-refractivity contribution is 5.83. The van der Waals surface area contributed by atoms with Crippen molar-refractivity contribution in [2.75, 3.05) is 19.7 Å². The largest absolute Gasteiger partial charge is 0.363 e. The number of H-pyrrole nitrogens is 1. The molecule has 2 aliphatic rings. The second-order valence-corrected chi connectivity index (χ2v) is 5.85. The highest BCUT2D eigenvalue weighted by atomic mass is 16.6. The number of epoxide rings is 1. The topological polar surface area (TPSA) is 61.5 Å². The number of amides is 1. The van der Waals surface area contributed by atoms with E-state index in [9.17, 15) is 4.79 Å². The molecule has 3 heterocycles. The van der Waals surface area contributed by atoms with Crippen LogP contribution in [-0.4, -0.2) is 46.8 Å². The number of likely N-dealkylation sites (tertiary alicyclic amines) is 1. The summed E-state index contributed by atoms with van der Waals surface area (Å²) in [7, 11) is 0. The number of nitrogens with zero attached hydrogens (tertiary/aromatic N) is 2. The minimum absolute atomic E-state index is 0.160. The van der Waals surface area contributed by atoms with Crippen LogP contribution in [0.2, 0.25) is 0 Å². The molecule has 0 saturated carbocycles. The number of rotatable bonds is 3. The van der Waals surface area contributed by atoms with Gasteiger partial charge < -0.3 is 9.64 Å². The monoisotopic (exact) mass is 263 g/mol. The van der Waals surface area contributed by atoms with Crippen LogP contribution in [0.3, 0.4) is 0 Å². The Labute approximate surface area is 113 Å². The van der Waals surface area contributed by atoms with Crippen LogP contribution in [0.1, 0.15) is 49.9 Å². The lowest BCUT2D eigenvalue weighted by molar-refractivity contribution is -0.133. The molecule has 0 aliphatic carbocycles. The van der Waals surface area contributed by atoms with Gasteiger partial charge >= 0.3 is 0 Å². The third-order valence-electron chi connectivity index (χ3n) is 3.99. The van der Waals surface area contributed by atoms with Crippen LogP contribution in [0.5, 0.6) is 0 Å². The summed E-state index contributed by atoms with van der Waals surface area (Å²) >= 11 is 0. The van der Waals surface area contributed by atoms with Crippen molar-refractivity contribution in [1.29, 1.82) is 0 Å². The van der Waals surface area contributed by atoms with Crippen molar-refractivity contribution in [2.45, 2.75) is 44.6 Å². The number of hydrogen-bond donors (Lipinski definition) is 1. The summed E-state index contributed by atoms with van der Waals surface area (Å²) in [4.78, 5) is 14.0. The molecule has 1 aromatic rings. The Morgan fingerprint density at radius 3 is 3.00 bits per heavy atom. The Kier molecular flexibility index (Phi) is 3.31. The predicted octanol–water partition coefficient (Wildman–Crippen LogP) is 1.64. The van der Waals surface area contributed by atoms with E-state index in [1.54, 1.807) is 0 Å². The zero-order chi connectivity index (χ0) is 13.4. The Morgan fingerprint density at radius 1 is 1.58 bits per heavy atom. The van der Waals surface area contributed by atoms with Crippen LogP contribution in [0, 0.1) is 0 Å². The van der Waals surface area contributed by atoms with Crippen molar-refractivity contribution >= 4 is 5.91 Å². The number of ether oxygens (including phenoxy) is 1. The van der Waals surface area contributed by atoms with E-state index in [0.717, 1.165) is 37.3 Å². The van der Waals surface area contributed by atoms with E-state index in [-0.39, 0.29) is 12.0 Å². The average Bonchev–Trinajstić information content (AvgIpc) is 3.14. The number of nitrogens with one attached hydrogen (secondary N) is 1. The molecule has 1 N–H and O–H groups in total. The zero-order valence-electron chi connectivity index (χ0n) is 11.6. The van der Waals surface area contributed by atoms with Crippen molar-refractivity contribution in [2.24, 2.45) is 0 Å². The number of aromatic amines is 1. The van der Waals surface area contributed by atoms with Crippen LogP contribution >= 0.6 is 0 Å². The fourth-order valence-corrected chi connectivity index (χ4v) is 2.68. The lowest BCUT2D eigenvalue weighted by atomic mass is 9.94. The van der Waals surface area contributed by atoms with Gasteiger partial charge in [-0.25, -0.2) is 0 Å². The Hall–Kier alpha value is -1.36. The number of carbonyl (C=O) groups is 1. The van der Waals surface area contributed by atoms with Crippen LogP contribution in [0.15, 0.2) is 6.07 Å². The maximum absolute atomic E-state index is 12.0. The third kappa shape index (κ3) is 2.66. The van der Waals surface area contributed by atoms with Gasteiger partial charge in [0.05, 0.1) is 12.3 Å². The molecule has 5 heteroatoms. The minimum Gasteiger partial charge on any atom is -0.363 e. The van der Waals surface area contributed by atoms with Crippen molar-refractivity contribution < 1.29 is 9.53 Å². The number of hydrogen-bond acceptors (Lipinski definition) is 3. The molecule has 0 radical (unpaired) electrons. The summed E-state index contributed by atoms with van der Waals surface area (Å²) in [5.41, 5.74) is 2.27. The highest BCUT2D eigenvalue weighted by Gasteiger charge is 2.37. The smallest absolute Gasteiger partial charge is 0.254 e. The Balaban J connectivity index is 1.68. The maximum Gasteiger partial charge on any atom is 0.254 e. The molecule has 5 nitrogen and oxygen atoms in total. The summed E-state index contributed by atoms with van der Waals surface area (Å²) in [6, 6.07) is 2.15. The van der Waals surface area contributed by atoms with Crippen LogP contribution in [-0.2, 0) is 9.53 Å². The quantitative estimate of drug-likeness (QED) is 0.843. The molecule has 2 aliphatic heterocycles. The third-order valence-corrected chi connectivity index (χ3v) is 3.99. The molecular weight excluding hydrogens is 242 g/mol. The van der Waals surface area contributed by atoms with E-state index in [1.807, 2.05) is 4.90 Å². The first kappa shape index (κ1) is 12.7. The van der Waals surface area contributed by atoms with E-state index in [2.05, 4.69) is 30.1 Å². The predicted molar refractivity (Wildman–Crippen MR) is 71.0 cm³/mol. The van der Waals surface area contributed by atoms with Gasteiger partial charge in [0.2, 0.25) is 0 Å². The van der Waals surface area contributed by atoms with E-state index in [4.69, 9.17) is 4.74 Å². The second kappa shape index (κ2) is 4.96. The second-order valence-electron chi connectivity index (χ2n) is 5.85. The normalized spacial score (nSPS) is 26.8. The van der Waals surface area contributed by atoms with Gasteiger partial charge in [-0.2, -0.15) is 5.10 Å². The van der Waals surface area contributed by atoms with Crippen molar-refractivity contribution in [3.8, 4) is 0 Å². The summed E-state index contributed by atoms with van der Waals surface area (Å²) < 4.78 is 5.09. The van der Waals surface area contributed by atoms with Crippen LogP contribution < -0.4 is 0 Å². The Morgan fingerprint density at radius 2 is 2.37 bits per heavy atom. The molecule has 1 aromatic heterocycles. The molecule has 0 aromatic carbocycles. The lowest BCUT2D eigenvalue weighted by Gasteiger charge is -2.31.